The summed E-state index contributed by atoms with van der Waals surface area (Å²) < 4.78 is 27.0. The molecule has 0 aliphatic heterocycles. The van der Waals surface area contributed by atoms with Crippen molar-refractivity contribution in [3.63, 3.8) is 0 Å². The first-order chi connectivity index (χ1) is 9.86. The lowest BCUT2D eigenvalue weighted by atomic mass is 9.87. The van der Waals surface area contributed by atoms with Crippen molar-refractivity contribution in [2.75, 3.05) is 7.05 Å². The van der Waals surface area contributed by atoms with E-state index in [9.17, 15) is 8.42 Å². The van der Waals surface area contributed by atoms with Crippen LogP contribution in [0.5, 0.6) is 0 Å². The molecule has 1 saturated carbocycles. The van der Waals surface area contributed by atoms with E-state index >= 15 is 0 Å². The Morgan fingerprint density at radius 2 is 2.10 bits per heavy atom. The number of sulfonamides is 1. The van der Waals surface area contributed by atoms with Gasteiger partial charge in [-0.2, -0.15) is 4.31 Å². The largest absolute Gasteiger partial charge is 0.326 e. The summed E-state index contributed by atoms with van der Waals surface area (Å²) >= 11 is 6.01. The Bertz CT molecular complexity index is 604. The highest BCUT2D eigenvalue weighted by molar-refractivity contribution is 7.89. The van der Waals surface area contributed by atoms with E-state index in [2.05, 4.69) is 6.92 Å². The monoisotopic (exact) mass is 330 g/mol. The molecule has 2 unspecified atom stereocenters. The maximum atomic E-state index is 12.8. The highest BCUT2D eigenvalue weighted by Gasteiger charge is 2.31. The van der Waals surface area contributed by atoms with Crippen LogP contribution in [0.4, 0.5) is 0 Å². The summed E-state index contributed by atoms with van der Waals surface area (Å²) in [6.07, 6.45) is 4.12. The normalized spacial score (nSPS) is 23.5. The average molecular weight is 331 g/mol. The van der Waals surface area contributed by atoms with Gasteiger partial charge in [0.25, 0.3) is 0 Å². The van der Waals surface area contributed by atoms with Crippen molar-refractivity contribution in [3.05, 3.63) is 28.8 Å². The lowest BCUT2D eigenvalue weighted by Gasteiger charge is -2.33. The van der Waals surface area contributed by atoms with Crippen molar-refractivity contribution in [2.24, 2.45) is 11.7 Å². The Hall–Kier alpha value is -0.620. The van der Waals surface area contributed by atoms with Crippen LogP contribution in [-0.4, -0.2) is 25.8 Å². The van der Waals surface area contributed by atoms with Crippen molar-refractivity contribution in [2.45, 2.75) is 50.1 Å². The maximum absolute atomic E-state index is 12.8. The second kappa shape index (κ2) is 6.65. The molecule has 1 aromatic rings. The molecule has 2 atom stereocenters. The van der Waals surface area contributed by atoms with Crippen LogP contribution in [0.15, 0.2) is 23.1 Å². The third-order valence-electron chi connectivity index (χ3n) is 4.34. The summed E-state index contributed by atoms with van der Waals surface area (Å²) in [5, 5.41) is 0.505. The van der Waals surface area contributed by atoms with Gasteiger partial charge in [0.05, 0.1) is 4.90 Å². The molecule has 4 nitrogen and oxygen atoms in total. The van der Waals surface area contributed by atoms with Crippen molar-refractivity contribution in [3.8, 4) is 0 Å². The highest BCUT2D eigenvalue weighted by atomic mass is 35.5. The van der Waals surface area contributed by atoms with Gasteiger partial charge in [0, 0.05) is 24.7 Å². The van der Waals surface area contributed by atoms with Crippen molar-refractivity contribution in [1.82, 2.24) is 4.31 Å². The first-order valence-electron chi connectivity index (χ1n) is 7.32. The molecule has 0 amide bonds. The molecule has 21 heavy (non-hydrogen) atoms. The Kier molecular flexibility index (Phi) is 5.30. The molecule has 1 aliphatic carbocycles. The molecule has 0 saturated heterocycles. The number of nitrogens with two attached hydrogens (primary N) is 1. The number of halogens is 1. The molecule has 0 radical (unpaired) electrons. The Labute approximate surface area is 132 Å². The zero-order valence-electron chi connectivity index (χ0n) is 12.5. The van der Waals surface area contributed by atoms with Crippen molar-refractivity contribution >= 4 is 21.6 Å². The fraction of sp³-hybridized carbons (Fsp3) is 0.600. The lowest BCUT2D eigenvalue weighted by Crippen LogP contribution is -2.39. The fourth-order valence-corrected chi connectivity index (χ4v) is 4.61. The number of hydrogen-bond donors (Lipinski definition) is 1. The molecule has 1 aliphatic rings. The van der Waals surface area contributed by atoms with Gasteiger partial charge >= 0.3 is 0 Å². The molecule has 6 heteroatoms. The van der Waals surface area contributed by atoms with Crippen LogP contribution in [0.25, 0.3) is 0 Å². The van der Waals surface area contributed by atoms with Crippen LogP contribution in [0.2, 0.25) is 5.02 Å². The average Bonchev–Trinajstić information content (AvgIpc) is 2.46. The van der Waals surface area contributed by atoms with Crippen LogP contribution >= 0.6 is 11.6 Å². The van der Waals surface area contributed by atoms with Gasteiger partial charge in [-0.3, -0.25) is 0 Å². The first kappa shape index (κ1) is 16.7. The smallest absolute Gasteiger partial charge is 0.243 e. The predicted molar refractivity (Wildman–Crippen MR) is 85.7 cm³/mol. The van der Waals surface area contributed by atoms with E-state index in [4.69, 9.17) is 17.3 Å². The summed E-state index contributed by atoms with van der Waals surface area (Å²) in [6.45, 7) is 2.41. The molecular weight excluding hydrogens is 308 g/mol. The van der Waals surface area contributed by atoms with Crippen molar-refractivity contribution < 1.29 is 8.42 Å². The Morgan fingerprint density at radius 3 is 2.71 bits per heavy atom. The summed E-state index contributed by atoms with van der Waals surface area (Å²) in [6, 6.07) is 4.82. The van der Waals surface area contributed by atoms with E-state index < -0.39 is 10.0 Å². The predicted octanol–water partition coefficient (Wildman–Crippen LogP) is 3.00. The van der Waals surface area contributed by atoms with Crippen LogP contribution in [-0.2, 0) is 16.6 Å². The topological polar surface area (TPSA) is 63.4 Å². The molecule has 2 N–H and O–H groups in total. The molecular formula is C15H23ClN2O2S. The molecule has 0 spiro atoms. The SMILES string of the molecule is CC1CCCC(N(C)S(=O)(=O)c2ccc(Cl)c(CN)c2)C1. The minimum Gasteiger partial charge on any atom is -0.326 e. The Morgan fingerprint density at radius 1 is 1.38 bits per heavy atom. The molecule has 1 fully saturated rings. The summed E-state index contributed by atoms with van der Waals surface area (Å²) in [7, 11) is -1.82. The van der Waals surface area contributed by atoms with Gasteiger partial charge in [0.2, 0.25) is 10.0 Å². The Balaban J connectivity index is 2.28. The van der Waals surface area contributed by atoms with Gasteiger partial charge in [-0.05, 0) is 42.5 Å². The van der Waals surface area contributed by atoms with Gasteiger partial charge in [0.15, 0.2) is 0 Å². The van der Waals surface area contributed by atoms with Crippen LogP contribution < -0.4 is 5.73 Å². The molecule has 0 bridgehead atoms. The summed E-state index contributed by atoms with van der Waals surface area (Å²) in [5.41, 5.74) is 6.26. The van der Waals surface area contributed by atoms with Gasteiger partial charge in [-0.25, -0.2) is 8.42 Å². The zero-order valence-corrected chi connectivity index (χ0v) is 14.1. The number of nitrogens with zero attached hydrogens (tertiary/aromatic N) is 1. The van der Waals surface area contributed by atoms with Crippen LogP contribution in [0, 0.1) is 5.92 Å². The van der Waals surface area contributed by atoms with Crippen molar-refractivity contribution in [1.29, 1.82) is 0 Å². The van der Waals surface area contributed by atoms with E-state index in [0.717, 1.165) is 19.3 Å². The van der Waals surface area contributed by atoms with E-state index in [1.165, 1.54) is 10.7 Å². The lowest BCUT2D eigenvalue weighted by molar-refractivity contribution is 0.239. The van der Waals surface area contributed by atoms with Gasteiger partial charge < -0.3 is 5.73 Å². The van der Waals surface area contributed by atoms with Gasteiger partial charge in [0.1, 0.15) is 0 Å². The van der Waals surface area contributed by atoms with Crippen LogP contribution in [0.3, 0.4) is 0 Å². The number of benzene rings is 1. The minimum atomic E-state index is -3.49. The van der Waals surface area contributed by atoms with Gasteiger partial charge in [-0.1, -0.05) is 31.4 Å². The molecule has 0 heterocycles. The minimum absolute atomic E-state index is 0.0794. The van der Waals surface area contributed by atoms with E-state index in [1.54, 1.807) is 25.2 Å². The third kappa shape index (κ3) is 3.59. The third-order valence-corrected chi connectivity index (χ3v) is 6.61. The first-order valence-corrected chi connectivity index (χ1v) is 9.14. The molecule has 0 aromatic heterocycles. The molecule has 2 rings (SSSR count). The maximum Gasteiger partial charge on any atom is 0.243 e. The van der Waals surface area contributed by atoms with E-state index in [0.29, 0.717) is 16.5 Å². The van der Waals surface area contributed by atoms with Crippen LogP contribution in [0.1, 0.15) is 38.2 Å². The van der Waals surface area contributed by atoms with E-state index in [-0.39, 0.29) is 17.5 Å². The number of rotatable bonds is 4. The summed E-state index contributed by atoms with van der Waals surface area (Å²) in [4.78, 5) is 0.271. The fourth-order valence-electron chi connectivity index (χ4n) is 2.96. The highest BCUT2D eigenvalue weighted by Crippen LogP contribution is 2.30. The zero-order chi connectivity index (χ0) is 15.6. The quantitative estimate of drug-likeness (QED) is 0.923. The standard InChI is InChI=1S/C15H23ClN2O2S/c1-11-4-3-5-13(8-11)18(2)21(19,20)14-6-7-15(16)12(9-14)10-17/h6-7,9,11,13H,3-5,8,10,17H2,1-2H3. The second-order valence-electron chi connectivity index (χ2n) is 5.90. The summed E-state index contributed by atoms with van der Waals surface area (Å²) in [5.74, 6) is 0.575. The second-order valence-corrected chi connectivity index (χ2v) is 8.31. The van der Waals surface area contributed by atoms with E-state index in [1.807, 2.05) is 0 Å². The molecule has 1 aromatic carbocycles. The van der Waals surface area contributed by atoms with Gasteiger partial charge in [-0.15, -0.1) is 0 Å². The number of hydrogen-bond acceptors (Lipinski definition) is 3. The molecule has 118 valence electrons.